The van der Waals surface area contributed by atoms with Gasteiger partial charge < -0.3 is 30.0 Å². The van der Waals surface area contributed by atoms with E-state index in [1.165, 1.54) is 0 Å². The Bertz CT molecular complexity index is 1190. The molecule has 166 valence electrons. The fourth-order valence-corrected chi connectivity index (χ4v) is 4.08. The van der Waals surface area contributed by atoms with E-state index in [1.807, 2.05) is 12.1 Å². The molecule has 10 heteroatoms. The van der Waals surface area contributed by atoms with Crippen molar-refractivity contribution in [2.24, 2.45) is 0 Å². The number of rotatable bonds is 3. The van der Waals surface area contributed by atoms with Gasteiger partial charge in [-0.1, -0.05) is 28.1 Å². The molecule has 2 amide bonds. The lowest BCUT2D eigenvalue weighted by Crippen LogP contribution is -2.64. The minimum absolute atomic E-state index is 0.0201. The summed E-state index contributed by atoms with van der Waals surface area (Å²) in [5.41, 5.74) is 1.17. The average molecular weight is 438 g/mol. The van der Waals surface area contributed by atoms with Gasteiger partial charge in [-0.05, 0) is 35.4 Å². The van der Waals surface area contributed by atoms with Crippen LogP contribution in [-0.2, 0) is 9.53 Å². The first-order valence-corrected chi connectivity index (χ1v) is 10.3. The molecule has 0 bridgehead atoms. The molecule has 32 heavy (non-hydrogen) atoms. The number of aliphatic hydroxyl groups is 1. The molecule has 10 nitrogen and oxygen atoms in total. The van der Waals surface area contributed by atoms with Gasteiger partial charge in [0.25, 0.3) is 11.8 Å². The van der Waals surface area contributed by atoms with Gasteiger partial charge in [0.1, 0.15) is 5.52 Å². The van der Waals surface area contributed by atoms with Crippen LogP contribution in [0.15, 0.2) is 42.5 Å². The summed E-state index contributed by atoms with van der Waals surface area (Å²) in [7, 11) is 0. The minimum atomic E-state index is -1.42. The summed E-state index contributed by atoms with van der Waals surface area (Å²) < 4.78 is 4.95. The molecule has 3 aromatic rings. The van der Waals surface area contributed by atoms with Crippen molar-refractivity contribution in [3.05, 3.63) is 48.0 Å². The van der Waals surface area contributed by atoms with Crippen LogP contribution in [-0.4, -0.2) is 92.0 Å². The minimum Gasteiger partial charge on any atom is -0.492 e. The first-order chi connectivity index (χ1) is 15.4. The lowest BCUT2D eigenvalue weighted by Gasteiger charge is -2.42. The number of nitrogens with zero attached hydrogens (tertiary/aromatic N) is 4. The molecule has 0 aliphatic carbocycles. The largest absolute Gasteiger partial charge is 0.492 e. The molecule has 0 radical (unpaired) electrons. The van der Waals surface area contributed by atoms with Crippen LogP contribution in [0.2, 0.25) is 0 Å². The van der Waals surface area contributed by atoms with Gasteiger partial charge in [0.15, 0.2) is 5.60 Å². The molecular formula is C22H22N4O6. The van der Waals surface area contributed by atoms with Gasteiger partial charge in [-0.3, -0.25) is 9.59 Å². The molecule has 3 N–H and O–H groups in total. The van der Waals surface area contributed by atoms with Crippen molar-refractivity contribution in [3.63, 3.8) is 0 Å². The van der Waals surface area contributed by atoms with Crippen LogP contribution in [0.25, 0.3) is 22.0 Å². The molecule has 2 aliphatic rings. The van der Waals surface area contributed by atoms with Crippen molar-refractivity contribution in [1.82, 2.24) is 19.7 Å². The molecule has 2 fully saturated rings. The smallest absolute Gasteiger partial charge is 0.259 e. The summed E-state index contributed by atoms with van der Waals surface area (Å²) in [5.74, 6) is -0.718. The maximum absolute atomic E-state index is 12.9. The highest BCUT2D eigenvalue weighted by molar-refractivity contribution is 5.95. The van der Waals surface area contributed by atoms with Crippen molar-refractivity contribution >= 4 is 22.7 Å². The molecule has 0 atom stereocenters. The summed E-state index contributed by atoms with van der Waals surface area (Å²) in [6.45, 7) is 1.56. The highest BCUT2D eigenvalue weighted by Gasteiger charge is 2.46. The summed E-state index contributed by atoms with van der Waals surface area (Å²) in [6, 6.07) is 12.3. The van der Waals surface area contributed by atoms with E-state index in [9.17, 15) is 25.0 Å². The second kappa shape index (κ2) is 7.50. The van der Waals surface area contributed by atoms with E-state index < -0.39 is 5.60 Å². The van der Waals surface area contributed by atoms with Gasteiger partial charge in [-0.25, -0.2) is 0 Å². The second-order valence-electron chi connectivity index (χ2n) is 8.13. The van der Waals surface area contributed by atoms with E-state index in [4.69, 9.17) is 4.74 Å². The van der Waals surface area contributed by atoms with E-state index in [0.717, 1.165) is 11.1 Å². The summed E-state index contributed by atoms with van der Waals surface area (Å²) in [5, 5.41) is 33.7. The number of hydrogen-bond donors (Lipinski definition) is 3. The van der Waals surface area contributed by atoms with E-state index in [0.29, 0.717) is 47.5 Å². The van der Waals surface area contributed by atoms with Gasteiger partial charge in [0.05, 0.1) is 18.6 Å². The Hall–Kier alpha value is -3.63. The Labute approximate surface area is 182 Å². The number of amides is 2. The van der Waals surface area contributed by atoms with E-state index in [1.54, 1.807) is 40.1 Å². The summed E-state index contributed by atoms with van der Waals surface area (Å²) in [4.78, 5) is 29.2. The molecule has 2 saturated heterocycles. The normalized spacial score (nSPS) is 17.9. The van der Waals surface area contributed by atoms with Gasteiger partial charge in [-0.15, -0.1) is 0 Å². The van der Waals surface area contributed by atoms with Crippen LogP contribution in [0.1, 0.15) is 10.4 Å². The predicted molar refractivity (Wildman–Crippen MR) is 112 cm³/mol. The number of ether oxygens (including phenoxy) is 1. The van der Waals surface area contributed by atoms with Crippen molar-refractivity contribution in [2.45, 2.75) is 5.60 Å². The Kier molecular flexibility index (Phi) is 4.75. The van der Waals surface area contributed by atoms with Gasteiger partial charge in [0.2, 0.25) is 5.88 Å². The zero-order chi connectivity index (χ0) is 22.5. The third-order valence-electron chi connectivity index (χ3n) is 6.04. The topological polar surface area (TPSA) is 128 Å². The second-order valence-corrected chi connectivity index (χ2v) is 8.13. The highest BCUT2D eigenvalue weighted by Crippen LogP contribution is 2.29. The molecule has 2 aromatic carbocycles. The monoisotopic (exact) mass is 438 g/mol. The van der Waals surface area contributed by atoms with Gasteiger partial charge in [-0.2, -0.15) is 0 Å². The first-order valence-electron chi connectivity index (χ1n) is 10.3. The SMILES string of the molecule is O=C(c1ccc(-c2ccc3c(c2)c(O)nn3O)cc1)N1CCN(C(=O)C2(O)COC2)CC1. The van der Waals surface area contributed by atoms with E-state index in [-0.39, 0.29) is 30.9 Å². The fraction of sp³-hybridized carbons (Fsp3) is 0.318. The molecule has 1 aromatic heterocycles. The number of aromatic hydroxyl groups is 1. The van der Waals surface area contributed by atoms with Gasteiger partial charge in [0, 0.05) is 31.7 Å². The zero-order valence-electron chi connectivity index (χ0n) is 17.1. The van der Waals surface area contributed by atoms with Crippen molar-refractivity contribution in [3.8, 4) is 17.0 Å². The molecular weight excluding hydrogens is 416 g/mol. The predicted octanol–water partition coefficient (Wildman–Crippen LogP) is 0.692. The molecule has 0 saturated carbocycles. The van der Waals surface area contributed by atoms with Crippen LogP contribution in [0.3, 0.4) is 0 Å². The lowest BCUT2D eigenvalue weighted by molar-refractivity contribution is -0.201. The van der Waals surface area contributed by atoms with E-state index >= 15 is 0 Å². The number of carbonyl (C=O) groups is 2. The Morgan fingerprint density at radius 1 is 0.938 bits per heavy atom. The highest BCUT2D eigenvalue weighted by atomic mass is 16.5. The van der Waals surface area contributed by atoms with Crippen molar-refractivity contribution < 1.29 is 29.7 Å². The van der Waals surface area contributed by atoms with Crippen LogP contribution < -0.4 is 0 Å². The Morgan fingerprint density at radius 2 is 1.56 bits per heavy atom. The third kappa shape index (κ3) is 3.33. The zero-order valence-corrected chi connectivity index (χ0v) is 17.1. The van der Waals surface area contributed by atoms with Crippen LogP contribution >= 0.6 is 0 Å². The maximum atomic E-state index is 12.9. The molecule has 0 spiro atoms. The van der Waals surface area contributed by atoms with Crippen molar-refractivity contribution in [2.75, 3.05) is 39.4 Å². The number of fused-ring (bicyclic) bond motifs is 1. The van der Waals surface area contributed by atoms with Crippen molar-refractivity contribution in [1.29, 1.82) is 0 Å². The van der Waals surface area contributed by atoms with E-state index in [2.05, 4.69) is 5.10 Å². The lowest BCUT2D eigenvalue weighted by atomic mass is 10.00. The van der Waals surface area contributed by atoms with Gasteiger partial charge >= 0.3 is 0 Å². The quantitative estimate of drug-likeness (QED) is 0.513. The summed E-state index contributed by atoms with van der Waals surface area (Å²) >= 11 is 0. The molecule has 5 rings (SSSR count). The third-order valence-corrected chi connectivity index (χ3v) is 6.04. The van der Waals surface area contributed by atoms with Crippen LogP contribution in [0.5, 0.6) is 5.88 Å². The molecule has 0 unspecified atom stereocenters. The fourth-order valence-electron chi connectivity index (χ4n) is 4.08. The van der Waals surface area contributed by atoms with Crippen LogP contribution in [0.4, 0.5) is 0 Å². The Morgan fingerprint density at radius 3 is 2.19 bits per heavy atom. The number of hydrogen-bond acceptors (Lipinski definition) is 7. The number of benzene rings is 2. The van der Waals surface area contributed by atoms with Crippen LogP contribution in [0, 0.1) is 0 Å². The number of piperazine rings is 1. The number of aromatic nitrogens is 2. The summed E-state index contributed by atoms with van der Waals surface area (Å²) in [6.07, 6.45) is 0. The Balaban J connectivity index is 1.26. The maximum Gasteiger partial charge on any atom is 0.259 e. The molecule has 3 heterocycles. The average Bonchev–Trinajstić information content (AvgIpc) is 3.09. The first kappa shape index (κ1) is 20.3. The molecule has 2 aliphatic heterocycles. The number of carbonyl (C=O) groups excluding carboxylic acids is 2. The standard InChI is InChI=1S/C22H22N4O6/c27-19-17-11-16(5-6-18(17)26(31)23-19)14-1-3-15(4-2-14)20(28)24-7-9-25(10-8-24)21(29)22(30)12-32-13-22/h1-6,11,30-31H,7-10,12-13H2,(H,23,27).